The molecule has 0 saturated carbocycles. The van der Waals surface area contributed by atoms with Crippen molar-refractivity contribution in [2.75, 3.05) is 0 Å². The molecule has 1 aliphatic heterocycles. The Balaban J connectivity index is 0.00000341. The van der Waals surface area contributed by atoms with Gasteiger partial charge >= 0.3 is 31.4 Å². The Morgan fingerprint density at radius 2 is 1.97 bits per heavy atom. The number of hydrogen-bond acceptors (Lipinski definition) is 5. The summed E-state index contributed by atoms with van der Waals surface area (Å²) in [7, 11) is 0. The van der Waals surface area contributed by atoms with Crippen LogP contribution in [-0.2, 0) is 38.5 Å². The molecule has 0 radical (unpaired) electrons. The molecular weight excluding hydrogens is 446 g/mol. The number of aliphatic hydroxyl groups excluding tert-OH is 1. The third kappa shape index (κ3) is 6.29. The molecular formula is C25H38O5Zn+2. The standard InChI is InChI=1S/C25H38O5.Zn/c1-6-25(4,5)24(28)30-21-12-15(2)11-17-8-7-16(3)20(23(17)21)10-9-19-13-18(26)14-22(27)29-19;/h7-8,11,15-16,18-21,23,26H,6,9-10,12-14H2,1-5H3;/q;+2/t15-,16-,18+,19+,20-,21-,23-;/m0./s1. The Hall–Kier alpha value is -0.997. The molecule has 0 aromatic heterocycles. The van der Waals surface area contributed by atoms with Crippen LogP contribution < -0.4 is 0 Å². The SMILES string of the molecule is CCC(C)(C)C(=O)O[C@H]1C[C@@H](C)C=C2C=C[C@H](C)[C@H](CC[C@@H]3C[C@@H](O)CC(=O)O3)[C@H]21.[Zn+2]. The van der Waals surface area contributed by atoms with Crippen LogP contribution in [0.2, 0.25) is 0 Å². The summed E-state index contributed by atoms with van der Waals surface area (Å²) in [5.74, 6) is 0.776. The van der Waals surface area contributed by atoms with E-state index in [1.165, 1.54) is 5.57 Å². The molecule has 0 aromatic rings. The summed E-state index contributed by atoms with van der Waals surface area (Å²) in [5, 5.41) is 9.92. The van der Waals surface area contributed by atoms with Gasteiger partial charge in [0.1, 0.15) is 12.2 Å². The van der Waals surface area contributed by atoms with E-state index in [1.54, 1.807) is 0 Å². The molecule has 1 N–H and O–H groups in total. The predicted molar refractivity (Wildman–Crippen MR) is 115 cm³/mol. The largest absolute Gasteiger partial charge is 2.00 e. The maximum atomic E-state index is 12.9. The van der Waals surface area contributed by atoms with Crippen LogP contribution >= 0.6 is 0 Å². The first-order valence-electron chi connectivity index (χ1n) is 11.6. The van der Waals surface area contributed by atoms with Crippen molar-refractivity contribution >= 4 is 11.9 Å². The van der Waals surface area contributed by atoms with Gasteiger partial charge in [-0.1, -0.05) is 39.0 Å². The molecule has 6 heteroatoms. The maximum Gasteiger partial charge on any atom is 2.00 e. The number of cyclic esters (lactones) is 1. The first-order valence-corrected chi connectivity index (χ1v) is 11.6. The molecule has 31 heavy (non-hydrogen) atoms. The van der Waals surface area contributed by atoms with Crippen LogP contribution in [-0.4, -0.2) is 35.4 Å². The van der Waals surface area contributed by atoms with Crippen LogP contribution in [0.1, 0.15) is 73.1 Å². The Kier molecular flexibility index (Phi) is 9.10. The smallest absolute Gasteiger partial charge is 0.462 e. The Labute approximate surface area is 199 Å². The predicted octanol–water partition coefficient (Wildman–Crippen LogP) is 4.58. The molecule has 1 fully saturated rings. The molecule has 3 rings (SSSR count). The van der Waals surface area contributed by atoms with E-state index in [4.69, 9.17) is 9.47 Å². The average Bonchev–Trinajstić information content (AvgIpc) is 2.66. The van der Waals surface area contributed by atoms with E-state index < -0.39 is 11.5 Å². The summed E-state index contributed by atoms with van der Waals surface area (Å²) in [6.45, 7) is 10.3. The van der Waals surface area contributed by atoms with E-state index >= 15 is 0 Å². The van der Waals surface area contributed by atoms with Crippen molar-refractivity contribution < 1.29 is 43.6 Å². The number of allylic oxidation sites excluding steroid dienone is 3. The molecule has 5 nitrogen and oxygen atoms in total. The van der Waals surface area contributed by atoms with E-state index in [2.05, 4.69) is 32.1 Å². The van der Waals surface area contributed by atoms with Crippen LogP contribution in [0, 0.1) is 29.1 Å². The number of carbonyl (C=O) groups is 2. The van der Waals surface area contributed by atoms with Crippen LogP contribution in [0.4, 0.5) is 0 Å². The molecule has 0 aromatic carbocycles. The molecule has 1 heterocycles. The molecule has 1 saturated heterocycles. The van der Waals surface area contributed by atoms with Crippen molar-refractivity contribution in [1.29, 1.82) is 0 Å². The van der Waals surface area contributed by atoms with Gasteiger partial charge in [0, 0.05) is 12.3 Å². The normalized spacial score (nSPS) is 35.4. The number of esters is 2. The summed E-state index contributed by atoms with van der Waals surface area (Å²) in [6, 6.07) is 0. The summed E-state index contributed by atoms with van der Waals surface area (Å²) in [4.78, 5) is 24.6. The van der Waals surface area contributed by atoms with Crippen molar-refractivity contribution in [3.63, 3.8) is 0 Å². The van der Waals surface area contributed by atoms with Crippen molar-refractivity contribution in [2.24, 2.45) is 29.1 Å². The van der Waals surface area contributed by atoms with Gasteiger partial charge in [0.2, 0.25) is 0 Å². The number of fused-ring (bicyclic) bond motifs is 1. The van der Waals surface area contributed by atoms with E-state index in [0.29, 0.717) is 24.2 Å². The minimum atomic E-state index is -0.601. The first-order chi connectivity index (χ1) is 14.1. The van der Waals surface area contributed by atoms with Crippen molar-refractivity contribution in [3.05, 3.63) is 23.8 Å². The zero-order valence-electron chi connectivity index (χ0n) is 19.8. The molecule has 3 aliphatic rings. The van der Waals surface area contributed by atoms with Crippen LogP contribution in [0.25, 0.3) is 0 Å². The third-order valence-corrected chi connectivity index (χ3v) is 7.35. The van der Waals surface area contributed by atoms with Crippen LogP contribution in [0.15, 0.2) is 23.8 Å². The number of carbonyl (C=O) groups excluding carboxylic acids is 2. The van der Waals surface area contributed by atoms with Crippen LogP contribution in [0.5, 0.6) is 0 Å². The summed E-state index contributed by atoms with van der Waals surface area (Å²) in [5.41, 5.74) is 0.785. The van der Waals surface area contributed by atoms with Crippen molar-refractivity contribution in [1.82, 2.24) is 0 Å². The van der Waals surface area contributed by atoms with Gasteiger partial charge < -0.3 is 14.6 Å². The second-order valence-electron chi connectivity index (χ2n) is 10.3. The first kappa shape index (κ1) is 26.3. The fraction of sp³-hybridized carbons (Fsp3) is 0.760. The monoisotopic (exact) mass is 482 g/mol. The Bertz CT molecular complexity index is 713. The molecule has 0 unspecified atom stereocenters. The third-order valence-electron chi connectivity index (χ3n) is 7.35. The second-order valence-corrected chi connectivity index (χ2v) is 10.3. The summed E-state index contributed by atoms with van der Waals surface area (Å²) >= 11 is 0. The maximum absolute atomic E-state index is 12.9. The van der Waals surface area contributed by atoms with E-state index in [1.807, 2.05) is 20.8 Å². The van der Waals surface area contributed by atoms with Gasteiger partial charge in [0.25, 0.3) is 0 Å². The summed E-state index contributed by atoms with van der Waals surface area (Å²) in [6.07, 6.45) is 9.61. The van der Waals surface area contributed by atoms with E-state index in [9.17, 15) is 14.7 Å². The van der Waals surface area contributed by atoms with Gasteiger partial charge in [-0.25, -0.2) is 0 Å². The van der Waals surface area contributed by atoms with Crippen LogP contribution in [0.3, 0.4) is 0 Å². The Morgan fingerprint density at radius 3 is 2.61 bits per heavy atom. The molecule has 2 aliphatic carbocycles. The Morgan fingerprint density at radius 1 is 1.26 bits per heavy atom. The molecule has 0 bridgehead atoms. The van der Waals surface area contributed by atoms with Gasteiger partial charge in [-0.2, -0.15) is 0 Å². The van der Waals surface area contributed by atoms with Gasteiger partial charge in [-0.05, 0) is 62.9 Å². The minimum Gasteiger partial charge on any atom is -0.462 e. The van der Waals surface area contributed by atoms with Gasteiger partial charge in [-0.3, -0.25) is 9.59 Å². The topological polar surface area (TPSA) is 72.8 Å². The molecule has 0 spiro atoms. The minimum absolute atomic E-state index is 0. The van der Waals surface area contributed by atoms with Gasteiger partial charge in [0.05, 0.1) is 17.9 Å². The van der Waals surface area contributed by atoms with E-state index in [0.717, 1.165) is 25.7 Å². The molecule has 168 valence electrons. The molecule has 0 amide bonds. The quantitative estimate of drug-likeness (QED) is 0.442. The zero-order chi connectivity index (χ0) is 22.1. The number of rotatable bonds is 6. The van der Waals surface area contributed by atoms with Gasteiger partial charge in [-0.15, -0.1) is 0 Å². The second kappa shape index (κ2) is 10.7. The summed E-state index contributed by atoms with van der Waals surface area (Å²) < 4.78 is 11.6. The fourth-order valence-corrected chi connectivity index (χ4v) is 5.08. The number of ether oxygens (including phenoxy) is 2. The van der Waals surface area contributed by atoms with E-state index in [-0.39, 0.29) is 56.0 Å². The molecule has 7 atom stereocenters. The van der Waals surface area contributed by atoms with Crippen molar-refractivity contribution in [3.8, 4) is 0 Å². The fourth-order valence-electron chi connectivity index (χ4n) is 5.08. The number of aliphatic hydroxyl groups is 1. The number of hydrogen-bond donors (Lipinski definition) is 1. The average molecular weight is 484 g/mol. The van der Waals surface area contributed by atoms with Gasteiger partial charge in [0.15, 0.2) is 0 Å². The zero-order valence-corrected chi connectivity index (χ0v) is 22.8. The van der Waals surface area contributed by atoms with Crippen molar-refractivity contribution in [2.45, 2.75) is 91.5 Å².